The lowest BCUT2D eigenvalue weighted by Gasteiger charge is -2.09. The van der Waals surface area contributed by atoms with Gasteiger partial charge in [0.15, 0.2) is 0 Å². The van der Waals surface area contributed by atoms with E-state index in [0.29, 0.717) is 0 Å². The van der Waals surface area contributed by atoms with Crippen LogP contribution in [0.15, 0.2) is 6.07 Å². The Balaban J connectivity index is 3.30. The fourth-order valence-corrected chi connectivity index (χ4v) is 1.33. The SMILES string of the molecule is COc1cc(Cl)c(CC#N)c(C(F)F)n1. The molecule has 0 aromatic carbocycles. The van der Waals surface area contributed by atoms with Gasteiger partial charge in [-0.1, -0.05) is 11.6 Å². The van der Waals surface area contributed by atoms with Crippen LogP contribution in [0.1, 0.15) is 17.7 Å². The number of nitriles is 1. The van der Waals surface area contributed by atoms with Gasteiger partial charge < -0.3 is 4.74 Å². The number of hydrogen-bond acceptors (Lipinski definition) is 3. The highest BCUT2D eigenvalue weighted by molar-refractivity contribution is 6.31. The third-order valence-electron chi connectivity index (χ3n) is 1.75. The maximum Gasteiger partial charge on any atom is 0.280 e. The average molecular weight is 233 g/mol. The van der Waals surface area contributed by atoms with Gasteiger partial charge in [-0.2, -0.15) is 5.26 Å². The van der Waals surface area contributed by atoms with Gasteiger partial charge in [-0.15, -0.1) is 0 Å². The number of pyridine rings is 1. The van der Waals surface area contributed by atoms with E-state index in [1.54, 1.807) is 6.07 Å². The Hall–Kier alpha value is -1.41. The molecule has 0 amide bonds. The molecule has 0 unspecified atom stereocenters. The number of methoxy groups -OCH3 is 1. The second-order valence-electron chi connectivity index (χ2n) is 2.65. The summed E-state index contributed by atoms with van der Waals surface area (Å²) in [6, 6.07) is 3.06. The molecule has 1 heterocycles. The standard InChI is InChI=1S/C9H7ClF2N2O/c1-15-7-4-6(10)5(2-3-13)8(14-7)9(11)12/h4,9H,2H2,1H3. The van der Waals surface area contributed by atoms with E-state index in [1.165, 1.54) is 13.2 Å². The Morgan fingerprint density at radius 2 is 2.33 bits per heavy atom. The zero-order chi connectivity index (χ0) is 11.4. The molecule has 0 saturated heterocycles. The lowest BCUT2D eigenvalue weighted by atomic mass is 10.1. The Kier molecular flexibility index (Phi) is 3.81. The van der Waals surface area contributed by atoms with Crippen LogP contribution in [0.4, 0.5) is 8.78 Å². The van der Waals surface area contributed by atoms with Crippen molar-refractivity contribution in [2.45, 2.75) is 12.8 Å². The summed E-state index contributed by atoms with van der Waals surface area (Å²) in [4.78, 5) is 3.56. The molecule has 0 aliphatic heterocycles. The first-order valence-corrected chi connectivity index (χ1v) is 4.36. The molecule has 1 rings (SSSR count). The Morgan fingerprint density at radius 3 is 2.80 bits per heavy atom. The fraction of sp³-hybridized carbons (Fsp3) is 0.333. The Morgan fingerprint density at radius 1 is 1.67 bits per heavy atom. The molecule has 1 aromatic heterocycles. The van der Waals surface area contributed by atoms with Crippen LogP contribution in [-0.2, 0) is 6.42 Å². The third kappa shape index (κ3) is 2.54. The van der Waals surface area contributed by atoms with E-state index in [4.69, 9.17) is 21.6 Å². The Bertz CT molecular complexity index is 404. The van der Waals surface area contributed by atoms with E-state index in [1.807, 2.05) is 0 Å². The number of nitrogens with zero attached hydrogens (tertiary/aromatic N) is 2. The number of rotatable bonds is 3. The summed E-state index contributed by atoms with van der Waals surface area (Å²) in [6.07, 6.45) is -2.98. The number of ether oxygens (including phenoxy) is 1. The quantitative estimate of drug-likeness (QED) is 0.805. The van der Waals surface area contributed by atoms with Gasteiger partial charge in [-0.05, 0) is 0 Å². The van der Waals surface area contributed by atoms with Gasteiger partial charge in [-0.25, -0.2) is 13.8 Å². The van der Waals surface area contributed by atoms with Crippen molar-refractivity contribution in [3.8, 4) is 11.9 Å². The molecular formula is C9H7ClF2N2O. The molecule has 1 aromatic rings. The van der Waals surface area contributed by atoms with Crippen molar-refractivity contribution >= 4 is 11.6 Å². The summed E-state index contributed by atoms with van der Waals surface area (Å²) in [5, 5.41) is 8.53. The van der Waals surface area contributed by atoms with Crippen LogP contribution < -0.4 is 4.74 Å². The van der Waals surface area contributed by atoms with Crippen molar-refractivity contribution in [2.75, 3.05) is 7.11 Å². The van der Waals surface area contributed by atoms with Crippen molar-refractivity contribution in [1.29, 1.82) is 5.26 Å². The molecule has 15 heavy (non-hydrogen) atoms. The molecule has 0 aliphatic carbocycles. The van der Waals surface area contributed by atoms with Crippen molar-refractivity contribution in [3.05, 3.63) is 22.3 Å². The van der Waals surface area contributed by atoms with E-state index >= 15 is 0 Å². The predicted molar refractivity (Wildman–Crippen MR) is 50.1 cm³/mol. The van der Waals surface area contributed by atoms with E-state index in [2.05, 4.69) is 4.98 Å². The minimum absolute atomic E-state index is 0.0111. The fourth-order valence-electron chi connectivity index (χ4n) is 1.08. The van der Waals surface area contributed by atoms with Crippen LogP contribution in [0.25, 0.3) is 0 Å². The van der Waals surface area contributed by atoms with Gasteiger partial charge in [0, 0.05) is 11.6 Å². The molecule has 0 aliphatic rings. The van der Waals surface area contributed by atoms with Gasteiger partial charge in [0.2, 0.25) is 5.88 Å². The maximum atomic E-state index is 12.6. The molecule has 0 bridgehead atoms. The molecule has 0 saturated carbocycles. The first-order valence-electron chi connectivity index (χ1n) is 3.98. The number of alkyl halides is 2. The molecule has 0 N–H and O–H groups in total. The molecule has 6 heteroatoms. The normalized spacial score (nSPS) is 10.1. The van der Waals surface area contributed by atoms with Crippen molar-refractivity contribution in [3.63, 3.8) is 0 Å². The third-order valence-corrected chi connectivity index (χ3v) is 2.09. The molecule has 0 radical (unpaired) electrons. The highest BCUT2D eigenvalue weighted by Crippen LogP contribution is 2.30. The van der Waals surface area contributed by atoms with Crippen LogP contribution in [-0.4, -0.2) is 12.1 Å². The number of aromatic nitrogens is 1. The molecule has 80 valence electrons. The monoisotopic (exact) mass is 232 g/mol. The lowest BCUT2D eigenvalue weighted by Crippen LogP contribution is -2.01. The summed E-state index contributed by atoms with van der Waals surface area (Å²) in [5.41, 5.74) is -0.448. The van der Waals surface area contributed by atoms with E-state index in [0.717, 1.165) is 0 Å². The van der Waals surface area contributed by atoms with Gasteiger partial charge in [0.05, 0.1) is 24.6 Å². The van der Waals surface area contributed by atoms with E-state index < -0.39 is 12.1 Å². The van der Waals surface area contributed by atoms with Crippen LogP contribution >= 0.6 is 11.6 Å². The second kappa shape index (κ2) is 4.89. The predicted octanol–water partition coefficient (Wildman–Crippen LogP) is 2.75. The van der Waals surface area contributed by atoms with Crippen molar-refractivity contribution < 1.29 is 13.5 Å². The summed E-state index contributed by atoms with van der Waals surface area (Å²) in [7, 11) is 1.30. The second-order valence-corrected chi connectivity index (χ2v) is 3.05. The van der Waals surface area contributed by atoms with Crippen molar-refractivity contribution in [1.82, 2.24) is 4.98 Å². The number of halogens is 3. The minimum Gasteiger partial charge on any atom is -0.481 e. The average Bonchev–Trinajstić information content (AvgIpc) is 2.20. The highest BCUT2D eigenvalue weighted by Gasteiger charge is 2.19. The van der Waals surface area contributed by atoms with Gasteiger partial charge >= 0.3 is 0 Å². The summed E-state index contributed by atoms with van der Waals surface area (Å²) in [5.74, 6) is 0.0111. The van der Waals surface area contributed by atoms with Crippen LogP contribution in [0.2, 0.25) is 5.02 Å². The maximum absolute atomic E-state index is 12.6. The van der Waals surface area contributed by atoms with Crippen LogP contribution in [0.3, 0.4) is 0 Å². The molecular weight excluding hydrogens is 226 g/mol. The minimum atomic E-state index is -2.78. The molecule has 3 nitrogen and oxygen atoms in total. The first kappa shape index (κ1) is 11.7. The largest absolute Gasteiger partial charge is 0.481 e. The summed E-state index contributed by atoms with van der Waals surface area (Å²) in [6.45, 7) is 0. The Labute approximate surface area is 90.3 Å². The van der Waals surface area contributed by atoms with E-state index in [-0.39, 0.29) is 22.9 Å². The van der Waals surface area contributed by atoms with Gasteiger partial charge in [-0.3, -0.25) is 0 Å². The molecule has 0 atom stereocenters. The smallest absolute Gasteiger partial charge is 0.280 e. The first-order chi connectivity index (χ1) is 7.10. The van der Waals surface area contributed by atoms with Gasteiger partial charge in [0.25, 0.3) is 6.43 Å². The van der Waals surface area contributed by atoms with Crippen LogP contribution in [0, 0.1) is 11.3 Å². The number of hydrogen-bond donors (Lipinski definition) is 0. The zero-order valence-corrected chi connectivity index (χ0v) is 8.55. The lowest BCUT2D eigenvalue weighted by molar-refractivity contribution is 0.144. The summed E-state index contributed by atoms with van der Waals surface area (Å²) < 4.78 is 29.8. The van der Waals surface area contributed by atoms with Gasteiger partial charge in [0.1, 0.15) is 5.69 Å². The highest BCUT2D eigenvalue weighted by atomic mass is 35.5. The van der Waals surface area contributed by atoms with Crippen molar-refractivity contribution in [2.24, 2.45) is 0 Å². The van der Waals surface area contributed by atoms with E-state index in [9.17, 15) is 8.78 Å². The molecule has 0 spiro atoms. The van der Waals surface area contributed by atoms with Crippen LogP contribution in [0.5, 0.6) is 5.88 Å². The topological polar surface area (TPSA) is 45.9 Å². The zero-order valence-electron chi connectivity index (χ0n) is 7.80. The molecule has 0 fully saturated rings. The summed E-state index contributed by atoms with van der Waals surface area (Å²) >= 11 is 5.73.